The van der Waals surface area contributed by atoms with Crippen LogP contribution in [0.1, 0.15) is 35.2 Å². The van der Waals surface area contributed by atoms with Gasteiger partial charge in [-0.2, -0.15) is 0 Å². The predicted octanol–water partition coefficient (Wildman–Crippen LogP) is 3.82. The van der Waals surface area contributed by atoms with Gasteiger partial charge in [0.25, 0.3) is 0 Å². The Labute approximate surface area is 120 Å². The van der Waals surface area contributed by atoms with Crippen molar-refractivity contribution in [3.05, 3.63) is 47.5 Å². The van der Waals surface area contributed by atoms with Crippen molar-refractivity contribution >= 4 is 16.6 Å². The van der Waals surface area contributed by atoms with E-state index in [2.05, 4.69) is 29.2 Å². The Morgan fingerprint density at radius 2 is 1.80 bits per heavy atom. The van der Waals surface area contributed by atoms with E-state index in [1.165, 1.54) is 19.3 Å². The minimum atomic E-state index is 0.265. The fourth-order valence-corrected chi connectivity index (χ4v) is 3.15. The van der Waals surface area contributed by atoms with Crippen molar-refractivity contribution in [1.29, 1.82) is 0 Å². The van der Waals surface area contributed by atoms with Crippen LogP contribution in [0.25, 0.3) is 10.8 Å². The molecule has 1 aliphatic heterocycles. The van der Waals surface area contributed by atoms with Gasteiger partial charge in [-0.25, -0.2) is 0 Å². The van der Waals surface area contributed by atoms with Crippen LogP contribution < -0.4 is 0 Å². The van der Waals surface area contributed by atoms with Crippen LogP contribution >= 0.6 is 0 Å². The van der Waals surface area contributed by atoms with Crippen molar-refractivity contribution < 1.29 is 4.79 Å². The average Bonchev–Trinajstić information content (AvgIpc) is 2.48. The lowest BCUT2D eigenvalue weighted by molar-refractivity contribution is 0.0917. The highest BCUT2D eigenvalue weighted by molar-refractivity contribution is 6.10. The molecule has 2 aromatic carbocycles. The van der Waals surface area contributed by atoms with Gasteiger partial charge in [0.1, 0.15) is 0 Å². The van der Waals surface area contributed by atoms with Crippen LogP contribution in [0.3, 0.4) is 0 Å². The second-order valence-electron chi connectivity index (χ2n) is 5.74. The quantitative estimate of drug-likeness (QED) is 0.788. The summed E-state index contributed by atoms with van der Waals surface area (Å²) < 4.78 is 0. The Morgan fingerprint density at radius 3 is 2.60 bits per heavy atom. The molecule has 104 valence electrons. The van der Waals surface area contributed by atoms with Gasteiger partial charge in [0.05, 0.1) is 6.54 Å². The Hall–Kier alpha value is -1.67. The number of aryl methyl sites for hydroxylation is 1. The van der Waals surface area contributed by atoms with Crippen LogP contribution in [-0.2, 0) is 0 Å². The number of Topliss-reactive ketones (excluding diaryl/α,β-unsaturated/α-hetero) is 1. The molecule has 0 atom stereocenters. The van der Waals surface area contributed by atoms with E-state index in [1.807, 2.05) is 19.1 Å². The first-order valence-electron chi connectivity index (χ1n) is 7.49. The van der Waals surface area contributed by atoms with Gasteiger partial charge in [-0.3, -0.25) is 9.69 Å². The highest BCUT2D eigenvalue weighted by Crippen LogP contribution is 2.23. The molecule has 1 aliphatic rings. The maximum atomic E-state index is 12.7. The molecule has 2 aromatic rings. The third kappa shape index (κ3) is 2.61. The Morgan fingerprint density at radius 1 is 1.05 bits per heavy atom. The lowest BCUT2D eigenvalue weighted by atomic mass is 9.96. The van der Waals surface area contributed by atoms with E-state index in [4.69, 9.17) is 0 Å². The zero-order chi connectivity index (χ0) is 13.9. The molecule has 0 aromatic heterocycles. The predicted molar refractivity (Wildman–Crippen MR) is 83.3 cm³/mol. The van der Waals surface area contributed by atoms with E-state index in [9.17, 15) is 4.79 Å². The molecule has 0 spiro atoms. The molecule has 0 aliphatic carbocycles. The van der Waals surface area contributed by atoms with Crippen molar-refractivity contribution in [1.82, 2.24) is 4.90 Å². The topological polar surface area (TPSA) is 20.3 Å². The van der Waals surface area contributed by atoms with Crippen LogP contribution in [0.15, 0.2) is 36.4 Å². The Bertz CT molecular complexity index is 626. The third-order valence-electron chi connectivity index (χ3n) is 4.23. The zero-order valence-electron chi connectivity index (χ0n) is 12.1. The number of carbonyl (C=O) groups is 1. The first kappa shape index (κ1) is 13.3. The van der Waals surface area contributed by atoms with Crippen molar-refractivity contribution in [2.75, 3.05) is 19.6 Å². The van der Waals surface area contributed by atoms with Gasteiger partial charge >= 0.3 is 0 Å². The molecule has 0 unspecified atom stereocenters. The number of carbonyl (C=O) groups excluding carboxylic acids is 1. The summed E-state index contributed by atoms with van der Waals surface area (Å²) in [6, 6.07) is 12.3. The van der Waals surface area contributed by atoms with Crippen molar-refractivity contribution in [2.45, 2.75) is 26.2 Å². The van der Waals surface area contributed by atoms with Crippen LogP contribution in [0, 0.1) is 6.92 Å². The second kappa shape index (κ2) is 5.76. The highest BCUT2D eigenvalue weighted by Gasteiger charge is 2.18. The lowest BCUT2D eigenvalue weighted by Crippen LogP contribution is -2.34. The second-order valence-corrected chi connectivity index (χ2v) is 5.74. The lowest BCUT2D eigenvalue weighted by Gasteiger charge is -2.26. The molecule has 1 saturated heterocycles. The summed E-state index contributed by atoms with van der Waals surface area (Å²) >= 11 is 0. The van der Waals surface area contributed by atoms with E-state index in [0.717, 1.165) is 35.0 Å². The van der Waals surface area contributed by atoms with E-state index in [-0.39, 0.29) is 5.78 Å². The maximum absolute atomic E-state index is 12.7. The van der Waals surface area contributed by atoms with Gasteiger partial charge in [-0.1, -0.05) is 42.8 Å². The summed E-state index contributed by atoms with van der Waals surface area (Å²) in [5.74, 6) is 0.265. The van der Waals surface area contributed by atoms with Gasteiger partial charge in [0.2, 0.25) is 0 Å². The molecule has 20 heavy (non-hydrogen) atoms. The van der Waals surface area contributed by atoms with Crippen LogP contribution in [0.4, 0.5) is 0 Å². The van der Waals surface area contributed by atoms with E-state index in [1.54, 1.807) is 0 Å². The summed E-state index contributed by atoms with van der Waals surface area (Å²) in [6.07, 6.45) is 3.75. The van der Waals surface area contributed by atoms with E-state index in [0.29, 0.717) is 6.54 Å². The van der Waals surface area contributed by atoms with Crippen molar-refractivity contribution in [3.63, 3.8) is 0 Å². The van der Waals surface area contributed by atoms with Crippen LogP contribution in [0.2, 0.25) is 0 Å². The number of nitrogens with zero attached hydrogens (tertiary/aromatic N) is 1. The number of ketones is 1. The number of hydrogen-bond donors (Lipinski definition) is 0. The number of hydrogen-bond acceptors (Lipinski definition) is 2. The minimum Gasteiger partial charge on any atom is -0.296 e. The largest absolute Gasteiger partial charge is 0.296 e. The van der Waals surface area contributed by atoms with Crippen molar-refractivity contribution in [2.24, 2.45) is 0 Å². The molecule has 0 N–H and O–H groups in total. The SMILES string of the molecule is Cc1ccc2ccccc2c1C(=O)CN1CCCCC1. The monoisotopic (exact) mass is 267 g/mol. The maximum Gasteiger partial charge on any atom is 0.177 e. The van der Waals surface area contributed by atoms with Crippen molar-refractivity contribution in [3.8, 4) is 0 Å². The number of likely N-dealkylation sites (tertiary alicyclic amines) is 1. The van der Waals surface area contributed by atoms with E-state index < -0.39 is 0 Å². The molecule has 0 bridgehead atoms. The number of fused-ring (bicyclic) bond motifs is 1. The Balaban J connectivity index is 1.92. The summed E-state index contributed by atoms with van der Waals surface area (Å²) in [6.45, 7) is 4.73. The zero-order valence-corrected chi connectivity index (χ0v) is 12.1. The number of benzene rings is 2. The smallest absolute Gasteiger partial charge is 0.177 e. The third-order valence-corrected chi connectivity index (χ3v) is 4.23. The normalized spacial score (nSPS) is 16.4. The van der Waals surface area contributed by atoms with Gasteiger partial charge < -0.3 is 0 Å². The minimum absolute atomic E-state index is 0.265. The van der Waals surface area contributed by atoms with E-state index >= 15 is 0 Å². The molecule has 2 heteroatoms. The number of piperidine rings is 1. The van der Waals surface area contributed by atoms with Gasteiger partial charge in [-0.05, 0) is 49.2 Å². The van der Waals surface area contributed by atoms with Gasteiger partial charge in [-0.15, -0.1) is 0 Å². The first-order valence-corrected chi connectivity index (χ1v) is 7.49. The summed E-state index contributed by atoms with van der Waals surface area (Å²) in [5.41, 5.74) is 2.00. The standard InChI is InChI=1S/C18H21NO/c1-14-9-10-15-7-3-4-8-16(15)18(14)17(20)13-19-11-5-2-6-12-19/h3-4,7-10H,2,5-6,11-13H2,1H3. The Kier molecular flexibility index (Phi) is 3.83. The highest BCUT2D eigenvalue weighted by atomic mass is 16.1. The van der Waals surface area contributed by atoms with Gasteiger partial charge in [0, 0.05) is 5.56 Å². The fourth-order valence-electron chi connectivity index (χ4n) is 3.15. The summed E-state index contributed by atoms with van der Waals surface area (Å²) in [7, 11) is 0. The summed E-state index contributed by atoms with van der Waals surface area (Å²) in [5, 5.41) is 2.25. The number of rotatable bonds is 3. The molecule has 1 fully saturated rings. The fraction of sp³-hybridized carbons (Fsp3) is 0.389. The van der Waals surface area contributed by atoms with Crippen LogP contribution in [0.5, 0.6) is 0 Å². The average molecular weight is 267 g/mol. The molecule has 2 nitrogen and oxygen atoms in total. The molecular formula is C18H21NO. The molecular weight excluding hydrogens is 246 g/mol. The van der Waals surface area contributed by atoms with Crippen LogP contribution in [-0.4, -0.2) is 30.3 Å². The van der Waals surface area contributed by atoms with Gasteiger partial charge in [0.15, 0.2) is 5.78 Å². The molecule has 0 amide bonds. The molecule has 0 saturated carbocycles. The first-order chi connectivity index (χ1) is 9.75. The molecule has 1 heterocycles. The summed E-state index contributed by atoms with van der Waals surface area (Å²) in [4.78, 5) is 15.0. The molecule has 0 radical (unpaired) electrons. The molecule has 3 rings (SSSR count).